The summed E-state index contributed by atoms with van der Waals surface area (Å²) in [7, 11) is 0. The average Bonchev–Trinajstić information content (AvgIpc) is 2.98. The number of carbonyl (C=O) groups excluding carboxylic acids is 1. The van der Waals surface area contributed by atoms with Gasteiger partial charge >= 0.3 is 5.97 Å². The SMILES string of the molecule is O=C(O)CNC(=O)c1c[nH]n2c(=O)cc(-c3ccccc3)nc12. The molecular formula is C15H12N4O4. The summed E-state index contributed by atoms with van der Waals surface area (Å²) < 4.78 is 1.13. The maximum absolute atomic E-state index is 12.1. The molecule has 0 saturated heterocycles. The van der Waals surface area contributed by atoms with Crippen LogP contribution in [0.2, 0.25) is 0 Å². The van der Waals surface area contributed by atoms with Crippen LogP contribution in [-0.4, -0.2) is 38.1 Å². The second kappa shape index (κ2) is 5.76. The van der Waals surface area contributed by atoms with Gasteiger partial charge in [0.15, 0.2) is 5.65 Å². The maximum atomic E-state index is 12.1. The van der Waals surface area contributed by atoms with Gasteiger partial charge in [-0.1, -0.05) is 30.3 Å². The van der Waals surface area contributed by atoms with Gasteiger partial charge in [0, 0.05) is 17.8 Å². The quantitative estimate of drug-likeness (QED) is 0.649. The largest absolute Gasteiger partial charge is 0.480 e. The fraction of sp³-hybridized carbons (Fsp3) is 0.0667. The standard InChI is InChI=1S/C15H12N4O4/c20-12-6-11(9-4-2-1-3-5-9)18-14-10(7-17-19(12)14)15(23)16-8-13(21)22/h1-7,17H,8H2,(H,16,23)(H,21,22). The van der Waals surface area contributed by atoms with Crippen molar-refractivity contribution in [3.63, 3.8) is 0 Å². The number of amides is 1. The summed E-state index contributed by atoms with van der Waals surface area (Å²) in [6, 6.07) is 10.4. The molecule has 0 saturated carbocycles. The third-order valence-electron chi connectivity index (χ3n) is 3.21. The molecule has 3 N–H and O–H groups in total. The monoisotopic (exact) mass is 312 g/mol. The molecule has 0 spiro atoms. The van der Waals surface area contributed by atoms with Crippen molar-refractivity contribution in [2.24, 2.45) is 0 Å². The van der Waals surface area contributed by atoms with Gasteiger partial charge in [-0.15, -0.1) is 0 Å². The molecule has 116 valence electrons. The van der Waals surface area contributed by atoms with Crippen LogP contribution in [0.5, 0.6) is 0 Å². The first-order valence-electron chi connectivity index (χ1n) is 6.73. The molecule has 0 aliphatic heterocycles. The van der Waals surface area contributed by atoms with Crippen LogP contribution in [-0.2, 0) is 4.79 Å². The Bertz CT molecular complexity index is 943. The van der Waals surface area contributed by atoms with Crippen LogP contribution in [0.4, 0.5) is 0 Å². The van der Waals surface area contributed by atoms with E-state index in [9.17, 15) is 14.4 Å². The molecule has 0 radical (unpaired) electrons. The van der Waals surface area contributed by atoms with Gasteiger partial charge in [-0.3, -0.25) is 19.5 Å². The summed E-state index contributed by atoms with van der Waals surface area (Å²) >= 11 is 0. The molecule has 23 heavy (non-hydrogen) atoms. The number of aliphatic carboxylic acids is 1. The number of carbonyl (C=O) groups is 2. The second-order valence-corrected chi connectivity index (χ2v) is 4.77. The van der Waals surface area contributed by atoms with E-state index < -0.39 is 18.4 Å². The van der Waals surface area contributed by atoms with Gasteiger partial charge in [-0.2, -0.15) is 0 Å². The molecule has 1 amide bonds. The van der Waals surface area contributed by atoms with Crippen molar-refractivity contribution >= 4 is 17.5 Å². The molecule has 3 aromatic rings. The number of aromatic amines is 1. The molecule has 2 heterocycles. The zero-order valence-corrected chi connectivity index (χ0v) is 11.8. The van der Waals surface area contributed by atoms with Crippen molar-refractivity contribution in [3.05, 3.63) is 58.5 Å². The third kappa shape index (κ3) is 2.82. The molecule has 0 bridgehead atoms. The molecular weight excluding hydrogens is 300 g/mol. The van der Waals surface area contributed by atoms with Crippen molar-refractivity contribution in [2.45, 2.75) is 0 Å². The van der Waals surface area contributed by atoms with Gasteiger partial charge in [0.05, 0.1) is 5.69 Å². The van der Waals surface area contributed by atoms with Crippen molar-refractivity contribution in [3.8, 4) is 11.3 Å². The minimum absolute atomic E-state index is 0.0983. The highest BCUT2D eigenvalue weighted by Crippen LogP contribution is 2.16. The Morgan fingerprint density at radius 1 is 1.26 bits per heavy atom. The van der Waals surface area contributed by atoms with E-state index in [4.69, 9.17) is 5.11 Å². The molecule has 2 aromatic heterocycles. The molecule has 8 heteroatoms. The summed E-state index contributed by atoms with van der Waals surface area (Å²) in [5, 5.41) is 13.5. The highest BCUT2D eigenvalue weighted by atomic mass is 16.4. The molecule has 0 aliphatic rings. The summed E-state index contributed by atoms with van der Waals surface area (Å²) in [6.45, 7) is -0.515. The predicted octanol–water partition coefficient (Wildman–Crippen LogP) is 0.504. The van der Waals surface area contributed by atoms with E-state index in [-0.39, 0.29) is 16.8 Å². The topological polar surface area (TPSA) is 117 Å². The first kappa shape index (κ1) is 14.5. The summed E-state index contributed by atoms with van der Waals surface area (Å²) in [6.07, 6.45) is 1.32. The van der Waals surface area contributed by atoms with E-state index in [1.54, 1.807) is 12.1 Å². The Morgan fingerprint density at radius 2 is 2.00 bits per heavy atom. The first-order valence-corrected chi connectivity index (χ1v) is 6.73. The number of aromatic nitrogens is 3. The van der Waals surface area contributed by atoms with Crippen molar-refractivity contribution in [2.75, 3.05) is 6.54 Å². The Kier molecular flexibility index (Phi) is 3.63. The lowest BCUT2D eigenvalue weighted by Gasteiger charge is -2.03. The number of nitrogens with zero attached hydrogens (tertiary/aromatic N) is 2. The van der Waals surface area contributed by atoms with E-state index in [0.29, 0.717) is 5.69 Å². The molecule has 0 atom stereocenters. The molecule has 8 nitrogen and oxygen atoms in total. The third-order valence-corrected chi connectivity index (χ3v) is 3.21. The van der Waals surface area contributed by atoms with Gasteiger partial charge in [0.25, 0.3) is 11.5 Å². The molecule has 0 fully saturated rings. The lowest BCUT2D eigenvalue weighted by atomic mass is 10.1. The molecule has 1 aromatic carbocycles. The number of rotatable bonds is 4. The van der Waals surface area contributed by atoms with Crippen molar-refractivity contribution in [1.29, 1.82) is 0 Å². The van der Waals surface area contributed by atoms with Crippen LogP contribution in [0.1, 0.15) is 10.4 Å². The van der Waals surface area contributed by atoms with Crippen LogP contribution < -0.4 is 10.9 Å². The summed E-state index contributed by atoms with van der Waals surface area (Å²) in [5.74, 6) is -1.78. The minimum Gasteiger partial charge on any atom is -0.480 e. The van der Waals surface area contributed by atoms with Gasteiger partial charge in [0.2, 0.25) is 0 Å². The zero-order chi connectivity index (χ0) is 16.4. The highest BCUT2D eigenvalue weighted by Gasteiger charge is 2.16. The number of hydrogen-bond donors (Lipinski definition) is 3. The summed E-state index contributed by atoms with van der Waals surface area (Å²) in [4.78, 5) is 39.0. The summed E-state index contributed by atoms with van der Waals surface area (Å²) in [5.41, 5.74) is 1.04. The van der Waals surface area contributed by atoms with Gasteiger partial charge in [-0.05, 0) is 0 Å². The first-order chi connectivity index (χ1) is 11.1. The highest BCUT2D eigenvalue weighted by molar-refractivity contribution is 6.00. The molecule has 0 aliphatic carbocycles. The van der Waals surface area contributed by atoms with Crippen LogP contribution in [0.25, 0.3) is 16.9 Å². The number of benzene rings is 1. The lowest BCUT2D eigenvalue weighted by molar-refractivity contribution is -0.135. The maximum Gasteiger partial charge on any atom is 0.322 e. The lowest BCUT2D eigenvalue weighted by Crippen LogP contribution is -2.29. The fourth-order valence-corrected chi connectivity index (χ4v) is 2.16. The fourth-order valence-electron chi connectivity index (χ4n) is 2.16. The van der Waals surface area contributed by atoms with E-state index in [1.165, 1.54) is 12.3 Å². The Labute approximate surface area is 129 Å². The number of H-pyrrole nitrogens is 1. The molecule has 0 unspecified atom stereocenters. The minimum atomic E-state index is -1.16. The van der Waals surface area contributed by atoms with Gasteiger partial charge in [0.1, 0.15) is 12.1 Å². The Hall–Kier alpha value is -3.42. The van der Waals surface area contributed by atoms with Crippen molar-refractivity contribution < 1.29 is 14.7 Å². The van der Waals surface area contributed by atoms with E-state index in [2.05, 4.69) is 15.4 Å². The Morgan fingerprint density at radius 3 is 2.70 bits per heavy atom. The van der Waals surface area contributed by atoms with E-state index in [1.807, 2.05) is 18.2 Å². The smallest absolute Gasteiger partial charge is 0.322 e. The van der Waals surface area contributed by atoms with E-state index in [0.717, 1.165) is 10.1 Å². The Balaban J connectivity index is 2.08. The van der Waals surface area contributed by atoms with Crippen molar-refractivity contribution in [1.82, 2.24) is 19.9 Å². The number of nitrogens with one attached hydrogen (secondary N) is 2. The predicted molar refractivity (Wildman–Crippen MR) is 81.2 cm³/mol. The van der Waals surface area contributed by atoms with Crippen LogP contribution in [0.15, 0.2) is 47.4 Å². The molecule has 3 rings (SSSR count). The number of carboxylic acid groups (broad SMARTS) is 1. The number of fused-ring (bicyclic) bond motifs is 1. The number of hydrogen-bond acceptors (Lipinski definition) is 4. The van der Waals surface area contributed by atoms with Crippen LogP contribution in [0, 0.1) is 0 Å². The number of carboxylic acids is 1. The van der Waals surface area contributed by atoms with Crippen LogP contribution in [0.3, 0.4) is 0 Å². The average molecular weight is 312 g/mol. The normalized spacial score (nSPS) is 10.6. The van der Waals surface area contributed by atoms with Crippen LogP contribution >= 0.6 is 0 Å². The van der Waals surface area contributed by atoms with E-state index >= 15 is 0 Å². The van der Waals surface area contributed by atoms with Gasteiger partial charge in [-0.25, -0.2) is 9.50 Å². The zero-order valence-electron chi connectivity index (χ0n) is 11.8. The van der Waals surface area contributed by atoms with Gasteiger partial charge < -0.3 is 10.4 Å². The second-order valence-electron chi connectivity index (χ2n) is 4.77.